The Balaban J connectivity index is 1.68. The summed E-state index contributed by atoms with van der Waals surface area (Å²) in [6.45, 7) is 5.77. The second-order valence-corrected chi connectivity index (χ2v) is 7.41. The molecular weight excluding hydrogens is 314 g/mol. The van der Waals surface area contributed by atoms with E-state index in [4.69, 9.17) is 9.73 Å². The molecule has 1 spiro atoms. The molecule has 25 heavy (non-hydrogen) atoms. The predicted octanol–water partition coefficient (Wildman–Crippen LogP) is 3.52. The Kier molecular flexibility index (Phi) is 5.71. The molecule has 1 heterocycles. The van der Waals surface area contributed by atoms with Crippen molar-refractivity contribution in [2.24, 2.45) is 10.4 Å². The third kappa shape index (κ3) is 4.20. The fourth-order valence-electron chi connectivity index (χ4n) is 4.25. The van der Waals surface area contributed by atoms with Gasteiger partial charge in [-0.2, -0.15) is 0 Å². The maximum atomic E-state index is 9.94. The van der Waals surface area contributed by atoms with Gasteiger partial charge in [0.05, 0.1) is 13.7 Å². The number of nitrogens with one attached hydrogen (secondary N) is 1. The van der Waals surface area contributed by atoms with Crippen LogP contribution in [-0.4, -0.2) is 42.7 Å². The van der Waals surface area contributed by atoms with E-state index in [0.29, 0.717) is 17.7 Å². The maximum Gasteiger partial charge on any atom is 0.194 e. The van der Waals surface area contributed by atoms with Crippen LogP contribution >= 0.6 is 0 Å². The zero-order chi connectivity index (χ0) is 17.7. The van der Waals surface area contributed by atoms with Crippen molar-refractivity contribution >= 4 is 5.96 Å². The van der Waals surface area contributed by atoms with Crippen LogP contribution in [0.1, 0.15) is 51.0 Å². The number of phenolic OH excluding ortho intramolecular Hbond substituents is 1. The molecule has 2 fully saturated rings. The Morgan fingerprint density at radius 2 is 2.08 bits per heavy atom. The SMILES string of the molecule is CCNC(=NCc1ccc(OC)c(O)c1)N1CCC2(CCCCC2)C1. The monoisotopic (exact) mass is 345 g/mol. The van der Waals surface area contributed by atoms with Gasteiger partial charge in [-0.1, -0.05) is 25.3 Å². The third-order valence-electron chi connectivity index (χ3n) is 5.64. The Morgan fingerprint density at radius 3 is 2.76 bits per heavy atom. The number of aliphatic imine (C=N–C) groups is 1. The van der Waals surface area contributed by atoms with E-state index < -0.39 is 0 Å². The molecular formula is C20H31N3O2. The zero-order valence-corrected chi connectivity index (χ0v) is 15.6. The van der Waals surface area contributed by atoms with Crippen molar-refractivity contribution in [1.82, 2.24) is 10.2 Å². The van der Waals surface area contributed by atoms with Crippen molar-refractivity contribution in [3.8, 4) is 11.5 Å². The standard InChI is InChI=1S/C20H31N3O2/c1-3-21-19(22-14-16-7-8-18(25-2)17(24)13-16)23-12-11-20(15-23)9-5-4-6-10-20/h7-8,13,24H,3-6,9-12,14-15H2,1-2H3,(H,21,22). The van der Waals surface area contributed by atoms with Gasteiger partial charge in [0.1, 0.15) is 0 Å². The van der Waals surface area contributed by atoms with Crippen molar-refractivity contribution in [3.05, 3.63) is 23.8 Å². The topological polar surface area (TPSA) is 57.1 Å². The first kappa shape index (κ1) is 17.9. The summed E-state index contributed by atoms with van der Waals surface area (Å²) in [5.41, 5.74) is 1.51. The van der Waals surface area contributed by atoms with Crippen LogP contribution < -0.4 is 10.1 Å². The number of hydrogen-bond acceptors (Lipinski definition) is 3. The fraction of sp³-hybridized carbons (Fsp3) is 0.650. The first-order chi connectivity index (χ1) is 12.2. The van der Waals surface area contributed by atoms with Crippen molar-refractivity contribution in [3.63, 3.8) is 0 Å². The number of nitrogens with zero attached hydrogens (tertiary/aromatic N) is 2. The lowest BCUT2D eigenvalue weighted by Gasteiger charge is -2.33. The molecule has 0 unspecified atom stereocenters. The summed E-state index contributed by atoms with van der Waals surface area (Å²) in [7, 11) is 1.56. The van der Waals surface area contributed by atoms with Gasteiger partial charge in [-0.25, -0.2) is 4.99 Å². The third-order valence-corrected chi connectivity index (χ3v) is 5.64. The number of methoxy groups -OCH3 is 1. The van der Waals surface area contributed by atoms with E-state index in [0.717, 1.165) is 31.2 Å². The van der Waals surface area contributed by atoms with E-state index >= 15 is 0 Å². The molecule has 1 aliphatic heterocycles. The number of likely N-dealkylation sites (tertiary alicyclic amines) is 1. The Labute approximate surface area is 151 Å². The van der Waals surface area contributed by atoms with E-state index in [-0.39, 0.29) is 5.75 Å². The van der Waals surface area contributed by atoms with Gasteiger partial charge in [0, 0.05) is 19.6 Å². The number of ether oxygens (including phenoxy) is 1. The molecule has 0 amide bonds. The van der Waals surface area contributed by atoms with Gasteiger partial charge in [0.2, 0.25) is 0 Å². The highest BCUT2D eigenvalue weighted by molar-refractivity contribution is 5.80. The molecule has 3 rings (SSSR count). The highest BCUT2D eigenvalue weighted by Gasteiger charge is 2.39. The smallest absolute Gasteiger partial charge is 0.194 e. The van der Waals surface area contributed by atoms with Crippen LogP contribution in [0.5, 0.6) is 11.5 Å². The van der Waals surface area contributed by atoms with Gasteiger partial charge < -0.3 is 20.1 Å². The zero-order valence-electron chi connectivity index (χ0n) is 15.6. The van der Waals surface area contributed by atoms with Crippen molar-refractivity contribution in [2.45, 2.75) is 52.0 Å². The number of benzene rings is 1. The number of rotatable bonds is 4. The predicted molar refractivity (Wildman–Crippen MR) is 101 cm³/mol. The van der Waals surface area contributed by atoms with Crippen molar-refractivity contribution in [1.29, 1.82) is 0 Å². The molecule has 0 bridgehead atoms. The first-order valence-corrected chi connectivity index (χ1v) is 9.55. The highest BCUT2D eigenvalue weighted by atomic mass is 16.5. The molecule has 0 atom stereocenters. The molecule has 0 aromatic heterocycles. The lowest BCUT2D eigenvalue weighted by molar-refractivity contribution is 0.203. The van der Waals surface area contributed by atoms with E-state index in [1.165, 1.54) is 38.5 Å². The van der Waals surface area contributed by atoms with Gasteiger partial charge in [0.15, 0.2) is 17.5 Å². The Bertz CT molecular complexity index is 609. The molecule has 1 saturated carbocycles. The summed E-state index contributed by atoms with van der Waals surface area (Å²) in [6, 6.07) is 5.48. The highest BCUT2D eigenvalue weighted by Crippen LogP contribution is 2.43. The quantitative estimate of drug-likeness (QED) is 0.647. The maximum absolute atomic E-state index is 9.94. The minimum Gasteiger partial charge on any atom is -0.504 e. The van der Waals surface area contributed by atoms with Crippen LogP contribution in [0, 0.1) is 5.41 Å². The molecule has 2 aliphatic rings. The number of phenols is 1. The van der Waals surface area contributed by atoms with Crippen LogP contribution in [-0.2, 0) is 6.54 Å². The molecule has 1 aromatic rings. The summed E-state index contributed by atoms with van der Waals surface area (Å²) in [6.07, 6.45) is 8.20. The Morgan fingerprint density at radius 1 is 1.28 bits per heavy atom. The largest absolute Gasteiger partial charge is 0.504 e. The lowest BCUT2D eigenvalue weighted by Crippen LogP contribution is -2.41. The van der Waals surface area contributed by atoms with Crippen LogP contribution in [0.3, 0.4) is 0 Å². The lowest BCUT2D eigenvalue weighted by atomic mass is 9.73. The van der Waals surface area contributed by atoms with E-state index in [9.17, 15) is 5.11 Å². The van der Waals surface area contributed by atoms with Gasteiger partial charge >= 0.3 is 0 Å². The van der Waals surface area contributed by atoms with Crippen LogP contribution in [0.15, 0.2) is 23.2 Å². The van der Waals surface area contributed by atoms with Gasteiger partial charge in [-0.05, 0) is 49.3 Å². The summed E-state index contributed by atoms with van der Waals surface area (Å²) in [5, 5.41) is 13.4. The molecule has 1 aliphatic carbocycles. The van der Waals surface area contributed by atoms with Gasteiger partial charge in [0.25, 0.3) is 0 Å². The molecule has 1 aromatic carbocycles. The molecule has 0 radical (unpaired) electrons. The van der Waals surface area contributed by atoms with Crippen molar-refractivity contribution in [2.75, 3.05) is 26.7 Å². The molecule has 2 N–H and O–H groups in total. The van der Waals surface area contributed by atoms with Crippen molar-refractivity contribution < 1.29 is 9.84 Å². The van der Waals surface area contributed by atoms with Crippen LogP contribution in [0.2, 0.25) is 0 Å². The second kappa shape index (κ2) is 7.98. The summed E-state index contributed by atoms with van der Waals surface area (Å²) < 4.78 is 5.10. The molecule has 1 saturated heterocycles. The Hall–Kier alpha value is -1.91. The molecule has 138 valence electrons. The van der Waals surface area contributed by atoms with E-state index in [1.807, 2.05) is 6.07 Å². The van der Waals surface area contributed by atoms with E-state index in [2.05, 4.69) is 17.1 Å². The number of aromatic hydroxyl groups is 1. The minimum absolute atomic E-state index is 0.169. The first-order valence-electron chi connectivity index (χ1n) is 9.55. The van der Waals surface area contributed by atoms with Crippen LogP contribution in [0.25, 0.3) is 0 Å². The number of guanidine groups is 1. The molecule has 5 nitrogen and oxygen atoms in total. The normalized spacial score (nSPS) is 20.1. The summed E-state index contributed by atoms with van der Waals surface area (Å²) >= 11 is 0. The average Bonchev–Trinajstić information content (AvgIpc) is 3.02. The van der Waals surface area contributed by atoms with Gasteiger partial charge in [-0.3, -0.25) is 0 Å². The van der Waals surface area contributed by atoms with Gasteiger partial charge in [-0.15, -0.1) is 0 Å². The minimum atomic E-state index is 0.169. The molecule has 5 heteroatoms. The fourth-order valence-corrected chi connectivity index (χ4v) is 4.25. The van der Waals surface area contributed by atoms with Crippen LogP contribution in [0.4, 0.5) is 0 Å². The number of hydrogen-bond donors (Lipinski definition) is 2. The van der Waals surface area contributed by atoms with E-state index in [1.54, 1.807) is 19.2 Å². The summed E-state index contributed by atoms with van der Waals surface area (Å²) in [4.78, 5) is 7.25. The average molecular weight is 345 g/mol. The summed E-state index contributed by atoms with van der Waals surface area (Å²) in [5.74, 6) is 1.67. The second-order valence-electron chi connectivity index (χ2n) is 7.41.